The first-order chi connectivity index (χ1) is 14.1. The van der Waals surface area contributed by atoms with Gasteiger partial charge in [-0.3, -0.25) is 4.79 Å². The molecule has 0 aliphatic carbocycles. The molecule has 2 aromatic carbocycles. The maximum Gasteiger partial charge on any atom is 0.373 e. The van der Waals surface area contributed by atoms with Crippen LogP contribution in [-0.4, -0.2) is 30.3 Å². The molecule has 0 aromatic heterocycles. The number of carboxylic acids is 1. The Hall–Kier alpha value is -3.46. The second-order valence-corrected chi connectivity index (χ2v) is 6.13. The summed E-state index contributed by atoms with van der Waals surface area (Å²) in [5.41, 5.74) is 5.66. The van der Waals surface area contributed by atoms with Gasteiger partial charge in [0, 0.05) is 18.7 Å². The lowest BCUT2D eigenvalue weighted by molar-refractivity contribution is -0.191. The lowest BCUT2D eigenvalue weighted by atomic mass is 9.99. The summed E-state index contributed by atoms with van der Waals surface area (Å²) < 4.78 is 0. The Morgan fingerprint density at radius 3 is 2.38 bits per heavy atom. The van der Waals surface area contributed by atoms with E-state index in [1.165, 1.54) is 16.7 Å². The van der Waals surface area contributed by atoms with Gasteiger partial charge in [0.1, 0.15) is 0 Å². The summed E-state index contributed by atoms with van der Waals surface area (Å²) in [7, 11) is 0. The molecule has 0 spiro atoms. The van der Waals surface area contributed by atoms with Crippen molar-refractivity contribution in [1.82, 2.24) is 5.32 Å². The van der Waals surface area contributed by atoms with E-state index in [0.717, 1.165) is 43.9 Å². The number of hydrogen-bond acceptors (Lipinski definition) is 5. The van der Waals surface area contributed by atoms with Gasteiger partial charge in [-0.25, -0.2) is 4.85 Å². The number of nitrogens with zero attached hydrogens (tertiary/aromatic N) is 1. The normalized spacial score (nSPS) is 11.6. The molecule has 0 saturated heterocycles. The van der Waals surface area contributed by atoms with Crippen LogP contribution in [0.4, 0.5) is 11.4 Å². The number of carbonyl (C=O) groups is 1. The SMILES string of the molecule is CCC(=O)O.O=C=O.[C-]#[N+]c1ccc2c(c1NCc1ccccc1)CCNCC2. The van der Waals surface area contributed by atoms with E-state index in [-0.39, 0.29) is 12.6 Å². The van der Waals surface area contributed by atoms with Crippen molar-refractivity contribution in [2.45, 2.75) is 32.7 Å². The number of carbonyl (C=O) groups excluding carboxylic acids is 2. The maximum absolute atomic E-state index is 9.37. The summed E-state index contributed by atoms with van der Waals surface area (Å²) in [6.45, 7) is 11.8. The van der Waals surface area contributed by atoms with Gasteiger partial charge in [0.15, 0.2) is 0 Å². The number of hydrogen-bond donors (Lipinski definition) is 3. The molecule has 2 aromatic rings. The summed E-state index contributed by atoms with van der Waals surface area (Å²) in [6.07, 6.45) is 2.49. The Morgan fingerprint density at radius 2 is 1.79 bits per heavy atom. The molecule has 0 saturated carbocycles. The highest BCUT2D eigenvalue weighted by molar-refractivity contribution is 5.75. The Morgan fingerprint density at radius 1 is 1.17 bits per heavy atom. The van der Waals surface area contributed by atoms with E-state index < -0.39 is 5.97 Å². The van der Waals surface area contributed by atoms with Crippen LogP contribution in [0.3, 0.4) is 0 Å². The summed E-state index contributed by atoms with van der Waals surface area (Å²) >= 11 is 0. The van der Waals surface area contributed by atoms with Crippen molar-refractivity contribution in [3.05, 3.63) is 70.6 Å². The highest BCUT2D eigenvalue weighted by atomic mass is 16.4. The molecule has 0 radical (unpaired) electrons. The minimum absolute atomic E-state index is 0.222. The lowest BCUT2D eigenvalue weighted by Gasteiger charge is -2.16. The number of nitrogens with one attached hydrogen (secondary N) is 2. The molecule has 0 amide bonds. The van der Waals surface area contributed by atoms with E-state index >= 15 is 0 Å². The van der Waals surface area contributed by atoms with Gasteiger partial charge in [-0.05, 0) is 42.6 Å². The molecule has 0 unspecified atom stereocenters. The van der Waals surface area contributed by atoms with E-state index in [9.17, 15) is 4.79 Å². The van der Waals surface area contributed by atoms with Crippen LogP contribution in [0.1, 0.15) is 30.0 Å². The van der Waals surface area contributed by atoms with Crippen LogP contribution < -0.4 is 10.6 Å². The van der Waals surface area contributed by atoms with Gasteiger partial charge < -0.3 is 15.7 Å². The molecular formula is C22H25N3O4. The minimum atomic E-state index is -0.745. The second-order valence-electron chi connectivity index (χ2n) is 6.13. The standard InChI is InChI=1S/C18H19N3.C3H6O2.CO2/c1-19-17-8-7-15-9-11-20-12-10-16(15)18(17)21-13-14-5-3-2-4-6-14;1-2-3(4)5;2-1-3/h2-8,20-21H,9-13H2;2H2,1H3,(H,4,5);. The fraction of sp³-hybridized carbons (Fsp3) is 0.318. The Balaban J connectivity index is 0.000000452. The molecule has 0 bridgehead atoms. The van der Waals surface area contributed by atoms with Crippen molar-refractivity contribution < 1.29 is 19.5 Å². The largest absolute Gasteiger partial charge is 0.481 e. The zero-order valence-corrected chi connectivity index (χ0v) is 16.4. The number of benzene rings is 2. The highest BCUT2D eigenvalue weighted by Crippen LogP contribution is 2.33. The van der Waals surface area contributed by atoms with Gasteiger partial charge in [0.2, 0.25) is 5.69 Å². The van der Waals surface area contributed by atoms with Gasteiger partial charge in [-0.1, -0.05) is 49.4 Å². The second kappa shape index (κ2) is 13.7. The van der Waals surface area contributed by atoms with Crippen LogP contribution in [0, 0.1) is 6.57 Å². The molecule has 0 fully saturated rings. The third-order valence-corrected chi connectivity index (χ3v) is 4.25. The maximum atomic E-state index is 9.37. The average Bonchev–Trinajstić information content (AvgIpc) is 2.99. The van der Waals surface area contributed by atoms with Gasteiger partial charge in [-0.2, -0.15) is 9.59 Å². The number of anilines is 1. The van der Waals surface area contributed by atoms with E-state index in [0.29, 0.717) is 0 Å². The monoisotopic (exact) mass is 395 g/mol. The van der Waals surface area contributed by atoms with E-state index in [1.807, 2.05) is 24.3 Å². The molecule has 1 aliphatic heterocycles. The predicted molar refractivity (Wildman–Crippen MR) is 110 cm³/mol. The van der Waals surface area contributed by atoms with Crippen LogP contribution in [0.25, 0.3) is 4.85 Å². The van der Waals surface area contributed by atoms with E-state index in [4.69, 9.17) is 21.3 Å². The Kier molecular flexibility index (Phi) is 11.1. The van der Waals surface area contributed by atoms with Gasteiger partial charge in [0.25, 0.3) is 0 Å². The smallest absolute Gasteiger partial charge is 0.373 e. The lowest BCUT2D eigenvalue weighted by Crippen LogP contribution is -2.16. The van der Waals surface area contributed by atoms with Crippen LogP contribution in [0.2, 0.25) is 0 Å². The van der Waals surface area contributed by atoms with E-state index in [2.05, 4.69) is 33.7 Å². The van der Waals surface area contributed by atoms with Crippen LogP contribution >= 0.6 is 0 Å². The first kappa shape index (κ1) is 23.6. The zero-order valence-electron chi connectivity index (χ0n) is 16.4. The summed E-state index contributed by atoms with van der Waals surface area (Å²) in [5, 5.41) is 14.6. The third-order valence-electron chi connectivity index (χ3n) is 4.25. The predicted octanol–water partition coefficient (Wildman–Crippen LogP) is 3.44. The molecule has 7 nitrogen and oxygen atoms in total. The first-order valence-electron chi connectivity index (χ1n) is 9.29. The molecule has 1 heterocycles. The molecule has 0 atom stereocenters. The zero-order chi connectivity index (χ0) is 21.5. The molecule has 152 valence electrons. The molecular weight excluding hydrogens is 370 g/mol. The first-order valence-corrected chi connectivity index (χ1v) is 9.29. The highest BCUT2D eigenvalue weighted by Gasteiger charge is 2.15. The molecule has 1 aliphatic rings. The van der Waals surface area contributed by atoms with Crippen molar-refractivity contribution in [2.75, 3.05) is 18.4 Å². The summed E-state index contributed by atoms with van der Waals surface area (Å²) in [4.78, 5) is 29.3. The van der Waals surface area contributed by atoms with Crippen molar-refractivity contribution in [3.63, 3.8) is 0 Å². The summed E-state index contributed by atoms with van der Waals surface area (Å²) in [5.74, 6) is -0.745. The number of aliphatic carboxylic acids is 1. The number of fused-ring (bicyclic) bond motifs is 1. The number of rotatable bonds is 4. The van der Waals surface area contributed by atoms with Crippen molar-refractivity contribution in [3.8, 4) is 0 Å². The summed E-state index contributed by atoms with van der Waals surface area (Å²) in [6, 6.07) is 14.4. The van der Waals surface area contributed by atoms with Crippen LogP contribution in [0.5, 0.6) is 0 Å². The minimum Gasteiger partial charge on any atom is -0.481 e. The Bertz CT molecular complexity index is 854. The quantitative estimate of drug-likeness (QED) is 0.686. The van der Waals surface area contributed by atoms with Crippen molar-refractivity contribution >= 4 is 23.5 Å². The van der Waals surface area contributed by atoms with Gasteiger partial charge in [0.05, 0.1) is 6.57 Å². The molecule has 3 rings (SSSR count). The molecule has 3 N–H and O–H groups in total. The van der Waals surface area contributed by atoms with Gasteiger partial charge >= 0.3 is 12.1 Å². The average molecular weight is 395 g/mol. The van der Waals surface area contributed by atoms with Crippen molar-refractivity contribution in [1.29, 1.82) is 0 Å². The number of carboxylic acid groups (broad SMARTS) is 1. The van der Waals surface area contributed by atoms with Crippen LogP contribution in [0.15, 0.2) is 42.5 Å². The Labute approximate surface area is 170 Å². The fourth-order valence-corrected chi connectivity index (χ4v) is 2.84. The van der Waals surface area contributed by atoms with E-state index in [1.54, 1.807) is 6.92 Å². The molecule has 29 heavy (non-hydrogen) atoms. The van der Waals surface area contributed by atoms with Crippen molar-refractivity contribution in [2.24, 2.45) is 0 Å². The topological polar surface area (TPSA) is 99.9 Å². The van der Waals surface area contributed by atoms with Crippen LogP contribution in [-0.2, 0) is 33.8 Å². The molecule has 7 heteroatoms. The van der Waals surface area contributed by atoms with Gasteiger partial charge in [-0.15, -0.1) is 0 Å². The third kappa shape index (κ3) is 8.39. The fourth-order valence-electron chi connectivity index (χ4n) is 2.84.